The molecule has 2 heterocycles. The number of carbonyl (C=O) groups excluding carboxylic acids is 3. The van der Waals surface area contributed by atoms with Crippen LogP contribution in [0.1, 0.15) is 39.9 Å². The van der Waals surface area contributed by atoms with E-state index in [1.165, 1.54) is 0 Å². The molecule has 3 rings (SSSR count). The monoisotopic (exact) mass is 272 g/mol. The largest absolute Gasteiger partial charge is 0.322 e. The standard InChI is InChI=1S/C15H16N2O3/c1-8-3-4-9(2)13-10(8)7-17(15(13)20)11-5-6-12(18)16-14(11)19/h3-4,11H,5-7H2,1-2H3,(H,16,18,19). The van der Waals surface area contributed by atoms with Crippen molar-refractivity contribution >= 4 is 17.7 Å². The normalized spacial score (nSPS) is 22.0. The summed E-state index contributed by atoms with van der Waals surface area (Å²) in [6.45, 7) is 4.33. The minimum atomic E-state index is -0.536. The van der Waals surface area contributed by atoms with Gasteiger partial charge in [-0.15, -0.1) is 0 Å². The lowest BCUT2D eigenvalue weighted by atomic mass is 10.00. The first-order chi connectivity index (χ1) is 9.49. The maximum absolute atomic E-state index is 12.6. The van der Waals surface area contributed by atoms with Gasteiger partial charge in [-0.25, -0.2) is 0 Å². The summed E-state index contributed by atoms with van der Waals surface area (Å²) in [5.74, 6) is -0.726. The first-order valence-electron chi connectivity index (χ1n) is 6.73. The molecule has 1 aromatic rings. The van der Waals surface area contributed by atoms with Gasteiger partial charge in [0.1, 0.15) is 6.04 Å². The molecule has 0 aliphatic carbocycles. The van der Waals surface area contributed by atoms with Crippen LogP contribution in [0, 0.1) is 13.8 Å². The number of hydrogen-bond acceptors (Lipinski definition) is 3. The van der Waals surface area contributed by atoms with Gasteiger partial charge in [-0.2, -0.15) is 0 Å². The van der Waals surface area contributed by atoms with E-state index in [0.717, 1.165) is 22.3 Å². The number of nitrogens with one attached hydrogen (secondary N) is 1. The Balaban J connectivity index is 1.94. The van der Waals surface area contributed by atoms with Crippen LogP contribution in [-0.2, 0) is 16.1 Å². The van der Waals surface area contributed by atoms with Gasteiger partial charge in [-0.05, 0) is 37.0 Å². The first-order valence-corrected chi connectivity index (χ1v) is 6.73. The molecule has 1 saturated heterocycles. The highest BCUT2D eigenvalue weighted by atomic mass is 16.2. The SMILES string of the molecule is Cc1ccc(C)c2c1CN(C1CCC(=O)NC1=O)C2=O. The van der Waals surface area contributed by atoms with Gasteiger partial charge in [0.2, 0.25) is 11.8 Å². The number of benzene rings is 1. The summed E-state index contributed by atoms with van der Waals surface area (Å²) in [5.41, 5.74) is 3.72. The molecule has 1 N–H and O–H groups in total. The van der Waals surface area contributed by atoms with Crippen molar-refractivity contribution in [2.45, 2.75) is 39.3 Å². The Labute approximate surface area is 116 Å². The highest BCUT2D eigenvalue weighted by Crippen LogP contribution is 2.31. The van der Waals surface area contributed by atoms with Crippen LogP contribution in [0.5, 0.6) is 0 Å². The summed E-state index contributed by atoms with van der Waals surface area (Å²) in [6.07, 6.45) is 0.691. The molecule has 0 saturated carbocycles. The van der Waals surface area contributed by atoms with E-state index in [1.54, 1.807) is 4.90 Å². The maximum Gasteiger partial charge on any atom is 0.255 e. The molecule has 20 heavy (non-hydrogen) atoms. The lowest BCUT2D eigenvalue weighted by molar-refractivity contribution is -0.136. The van der Waals surface area contributed by atoms with Crippen LogP contribution in [0.4, 0.5) is 0 Å². The molecule has 3 amide bonds. The molecule has 5 heteroatoms. The Morgan fingerprint density at radius 2 is 1.85 bits per heavy atom. The third-order valence-electron chi connectivity index (χ3n) is 4.14. The summed E-state index contributed by atoms with van der Waals surface area (Å²) >= 11 is 0. The number of carbonyl (C=O) groups is 3. The molecule has 1 fully saturated rings. The summed E-state index contributed by atoms with van der Waals surface area (Å²) in [6, 6.07) is 3.39. The highest BCUT2D eigenvalue weighted by Gasteiger charge is 2.40. The van der Waals surface area contributed by atoms with Crippen molar-refractivity contribution in [1.29, 1.82) is 0 Å². The molecule has 0 radical (unpaired) electrons. The molecular weight excluding hydrogens is 256 g/mol. The van der Waals surface area contributed by atoms with Crippen LogP contribution in [-0.4, -0.2) is 28.7 Å². The molecule has 1 aromatic carbocycles. The van der Waals surface area contributed by atoms with E-state index in [9.17, 15) is 14.4 Å². The smallest absolute Gasteiger partial charge is 0.255 e. The quantitative estimate of drug-likeness (QED) is 0.777. The third-order valence-corrected chi connectivity index (χ3v) is 4.14. The number of amides is 3. The van der Waals surface area contributed by atoms with Gasteiger partial charge in [0.05, 0.1) is 0 Å². The number of fused-ring (bicyclic) bond motifs is 1. The minimum absolute atomic E-state index is 0.101. The van der Waals surface area contributed by atoms with Crippen molar-refractivity contribution in [2.24, 2.45) is 0 Å². The van der Waals surface area contributed by atoms with E-state index in [1.807, 2.05) is 26.0 Å². The van der Waals surface area contributed by atoms with Crippen molar-refractivity contribution < 1.29 is 14.4 Å². The second-order valence-electron chi connectivity index (χ2n) is 5.45. The van der Waals surface area contributed by atoms with E-state index in [4.69, 9.17) is 0 Å². The molecule has 2 aliphatic rings. The van der Waals surface area contributed by atoms with Crippen LogP contribution in [0.15, 0.2) is 12.1 Å². The first kappa shape index (κ1) is 12.8. The second kappa shape index (κ2) is 4.44. The van der Waals surface area contributed by atoms with Gasteiger partial charge in [0.25, 0.3) is 5.91 Å². The third kappa shape index (κ3) is 1.81. The molecule has 2 aliphatic heterocycles. The molecule has 0 aromatic heterocycles. The van der Waals surface area contributed by atoms with Crippen LogP contribution >= 0.6 is 0 Å². The van der Waals surface area contributed by atoms with Crippen LogP contribution in [0.25, 0.3) is 0 Å². The number of hydrogen-bond donors (Lipinski definition) is 1. The molecule has 1 atom stereocenters. The van der Waals surface area contributed by atoms with Gasteiger partial charge in [-0.1, -0.05) is 12.1 Å². The molecule has 104 valence electrons. The van der Waals surface area contributed by atoms with E-state index < -0.39 is 6.04 Å². The number of piperidine rings is 1. The Hall–Kier alpha value is -2.17. The van der Waals surface area contributed by atoms with Crippen molar-refractivity contribution in [3.8, 4) is 0 Å². The van der Waals surface area contributed by atoms with E-state index in [0.29, 0.717) is 13.0 Å². The van der Waals surface area contributed by atoms with Crippen molar-refractivity contribution in [2.75, 3.05) is 0 Å². The maximum atomic E-state index is 12.6. The van der Waals surface area contributed by atoms with E-state index in [-0.39, 0.29) is 24.1 Å². The fourth-order valence-electron chi connectivity index (χ4n) is 2.99. The van der Waals surface area contributed by atoms with Crippen molar-refractivity contribution in [3.05, 3.63) is 34.4 Å². The molecule has 5 nitrogen and oxygen atoms in total. The predicted octanol–water partition coefficient (Wildman–Crippen LogP) is 1.06. The fraction of sp³-hybridized carbons (Fsp3) is 0.400. The van der Waals surface area contributed by atoms with E-state index >= 15 is 0 Å². The zero-order valence-electron chi connectivity index (χ0n) is 11.5. The van der Waals surface area contributed by atoms with Gasteiger partial charge in [-0.3, -0.25) is 19.7 Å². The van der Waals surface area contributed by atoms with Crippen LogP contribution < -0.4 is 5.32 Å². The zero-order chi connectivity index (χ0) is 14.4. The number of aryl methyl sites for hydroxylation is 2. The highest BCUT2D eigenvalue weighted by molar-refractivity contribution is 6.06. The topological polar surface area (TPSA) is 66.5 Å². The van der Waals surface area contributed by atoms with E-state index in [2.05, 4.69) is 5.32 Å². The van der Waals surface area contributed by atoms with Gasteiger partial charge in [0, 0.05) is 18.5 Å². The molecular formula is C15H16N2O3. The van der Waals surface area contributed by atoms with Gasteiger partial charge in [0.15, 0.2) is 0 Å². The minimum Gasteiger partial charge on any atom is -0.322 e. The number of rotatable bonds is 1. The predicted molar refractivity (Wildman–Crippen MR) is 72.0 cm³/mol. The van der Waals surface area contributed by atoms with Crippen molar-refractivity contribution in [1.82, 2.24) is 10.2 Å². The molecule has 0 bridgehead atoms. The molecule has 0 spiro atoms. The Morgan fingerprint density at radius 3 is 2.50 bits per heavy atom. The summed E-state index contributed by atoms with van der Waals surface area (Å²) < 4.78 is 0. The summed E-state index contributed by atoms with van der Waals surface area (Å²) in [4.78, 5) is 37.3. The summed E-state index contributed by atoms with van der Waals surface area (Å²) in [5, 5.41) is 2.31. The van der Waals surface area contributed by atoms with Crippen molar-refractivity contribution in [3.63, 3.8) is 0 Å². The average molecular weight is 272 g/mol. The van der Waals surface area contributed by atoms with Gasteiger partial charge >= 0.3 is 0 Å². The Morgan fingerprint density at radius 1 is 1.15 bits per heavy atom. The lowest BCUT2D eigenvalue weighted by Gasteiger charge is -2.29. The zero-order valence-corrected chi connectivity index (χ0v) is 11.5. The summed E-state index contributed by atoms with van der Waals surface area (Å²) in [7, 11) is 0. The lowest BCUT2D eigenvalue weighted by Crippen LogP contribution is -2.52. The molecule has 1 unspecified atom stereocenters. The van der Waals surface area contributed by atoms with Gasteiger partial charge < -0.3 is 4.90 Å². The van der Waals surface area contributed by atoms with Crippen LogP contribution in [0.2, 0.25) is 0 Å². The second-order valence-corrected chi connectivity index (χ2v) is 5.45. The fourth-order valence-corrected chi connectivity index (χ4v) is 2.99. The average Bonchev–Trinajstić information content (AvgIpc) is 2.73. The number of imide groups is 1. The number of nitrogens with zero attached hydrogens (tertiary/aromatic N) is 1. The van der Waals surface area contributed by atoms with Crippen LogP contribution in [0.3, 0.4) is 0 Å². The Bertz CT molecular complexity index is 636. The Kier molecular flexibility index (Phi) is 2.85.